The van der Waals surface area contributed by atoms with Crippen LogP contribution in [0.2, 0.25) is 0 Å². The van der Waals surface area contributed by atoms with Crippen LogP contribution in [0.4, 0.5) is 0 Å². The number of hydrogen-bond donors (Lipinski definition) is 2. The van der Waals surface area contributed by atoms with Crippen molar-refractivity contribution in [3.05, 3.63) is 0 Å². The molecule has 0 aromatic heterocycles. The quantitative estimate of drug-likeness (QED) is 0.592. The molecule has 0 bridgehead atoms. The molecule has 2 amide bonds. The molecule has 2 aliphatic heterocycles. The molecule has 0 unspecified atom stereocenters. The summed E-state index contributed by atoms with van der Waals surface area (Å²) in [6.07, 6.45) is 6.84. The van der Waals surface area contributed by atoms with Crippen LogP contribution >= 0.6 is 0 Å². The molecule has 0 aromatic carbocycles. The number of nitrogens with zero attached hydrogens (tertiary/aromatic N) is 2. The van der Waals surface area contributed by atoms with Gasteiger partial charge in [0.15, 0.2) is 9.84 Å². The molecular weight excluding hydrogens is 392 g/mol. The number of rotatable bonds is 7. The lowest BCUT2D eigenvalue weighted by Crippen LogP contribution is -2.55. The largest absolute Gasteiger partial charge is 0.354 e. The highest BCUT2D eigenvalue weighted by Gasteiger charge is 2.30. The molecule has 9 heteroatoms. The maximum absolute atomic E-state index is 12.5. The molecule has 166 valence electrons. The van der Waals surface area contributed by atoms with Gasteiger partial charge in [-0.3, -0.25) is 19.4 Å². The lowest BCUT2D eigenvalue weighted by atomic mass is 9.89. The molecule has 8 nitrogen and oxygen atoms in total. The summed E-state index contributed by atoms with van der Waals surface area (Å²) < 4.78 is 23.0. The zero-order valence-electron chi connectivity index (χ0n) is 17.6. The highest BCUT2D eigenvalue weighted by Crippen LogP contribution is 2.22. The zero-order chi connectivity index (χ0) is 20.9. The smallest absolute Gasteiger partial charge is 0.237 e. The van der Waals surface area contributed by atoms with Crippen molar-refractivity contribution in [3.63, 3.8) is 0 Å². The van der Waals surface area contributed by atoms with Crippen molar-refractivity contribution < 1.29 is 18.0 Å². The number of carbonyl (C=O) groups is 2. The summed E-state index contributed by atoms with van der Waals surface area (Å²) in [5.41, 5.74) is 0. The van der Waals surface area contributed by atoms with Gasteiger partial charge in [-0.15, -0.1) is 0 Å². The Morgan fingerprint density at radius 3 is 2.34 bits per heavy atom. The molecule has 2 N–H and O–H groups in total. The molecule has 3 rings (SSSR count). The van der Waals surface area contributed by atoms with Gasteiger partial charge in [0.25, 0.3) is 0 Å². The van der Waals surface area contributed by atoms with Crippen LogP contribution in [0.3, 0.4) is 0 Å². The minimum atomic E-state index is -2.98. The van der Waals surface area contributed by atoms with Gasteiger partial charge in [0.1, 0.15) is 0 Å². The first-order valence-electron chi connectivity index (χ1n) is 11.1. The average molecular weight is 429 g/mol. The van der Waals surface area contributed by atoms with E-state index >= 15 is 0 Å². The SMILES string of the molecule is C[C@H](C(=O)NCC1CCCCC1)N1CCN(CC(=O)N[C@@H]2CCS(=O)(=O)C2)CC1. The fourth-order valence-corrected chi connectivity index (χ4v) is 6.32. The lowest BCUT2D eigenvalue weighted by molar-refractivity contribution is -0.128. The Labute approximate surface area is 174 Å². The summed E-state index contributed by atoms with van der Waals surface area (Å²) in [6, 6.07) is -0.403. The van der Waals surface area contributed by atoms with Crippen LogP contribution in [0, 0.1) is 5.92 Å². The maximum Gasteiger partial charge on any atom is 0.237 e. The van der Waals surface area contributed by atoms with E-state index < -0.39 is 9.84 Å². The molecule has 2 heterocycles. The minimum Gasteiger partial charge on any atom is -0.354 e. The van der Waals surface area contributed by atoms with Gasteiger partial charge in [-0.1, -0.05) is 19.3 Å². The molecule has 2 saturated heterocycles. The predicted molar refractivity (Wildman–Crippen MR) is 112 cm³/mol. The number of hydrogen-bond acceptors (Lipinski definition) is 6. The standard InChI is InChI=1S/C20H36N4O4S/c1-16(20(26)21-13-17-5-3-2-4-6-17)24-10-8-23(9-11-24)14-19(25)22-18-7-12-29(27,28)15-18/h16-18H,2-15H2,1H3,(H,21,26)(H,22,25)/t16-,18-/m1/s1. The lowest BCUT2D eigenvalue weighted by Gasteiger charge is -2.37. The van der Waals surface area contributed by atoms with Crippen LogP contribution in [0.1, 0.15) is 45.4 Å². The number of nitrogens with one attached hydrogen (secondary N) is 2. The molecule has 1 aliphatic carbocycles. The molecule has 3 fully saturated rings. The average Bonchev–Trinajstić information content (AvgIpc) is 3.05. The molecule has 0 radical (unpaired) electrons. The normalized spacial score (nSPS) is 27.4. The summed E-state index contributed by atoms with van der Waals surface area (Å²) in [4.78, 5) is 29.0. The third-order valence-electron chi connectivity index (χ3n) is 6.59. The van der Waals surface area contributed by atoms with E-state index in [4.69, 9.17) is 0 Å². The monoisotopic (exact) mass is 428 g/mol. The summed E-state index contributed by atoms with van der Waals surface area (Å²) in [5.74, 6) is 0.838. The highest BCUT2D eigenvalue weighted by atomic mass is 32.2. The Kier molecular flexibility index (Phi) is 7.92. The third-order valence-corrected chi connectivity index (χ3v) is 8.36. The van der Waals surface area contributed by atoms with Gasteiger partial charge in [0, 0.05) is 38.8 Å². The summed E-state index contributed by atoms with van der Waals surface area (Å²) in [5, 5.41) is 5.98. The van der Waals surface area contributed by atoms with Crippen molar-refractivity contribution in [2.45, 2.75) is 57.5 Å². The van der Waals surface area contributed by atoms with Crippen LogP contribution in [-0.2, 0) is 19.4 Å². The van der Waals surface area contributed by atoms with Crippen molar-refractivity contribution >= 4 is 21.7 Å². The predicted octanol–water partition coefficient (Wildman–Crippen LogP) is -0.00770. The van der Waals surface area contributed by atoms with Crippen molar-refractivity contribution in [1.82, 2.24) is 20.4 Å². The van der Waals surface area contributed by atoms with E-state index in [1.54, 1.807) is 0 Å². The van der Waals surface area contributed by atoms with E-state index in [9.17, 15) is 18.0 Å². The Hall–Kier alpha value is -1.19. The van der Waals surface area contributed by atoms with Crippen molar-refractivity contribution in [2.24, 2.45) is 5.92 Å². The third kappa shape index (κ3) is 6.93. The summed E-state index contributed by atoms with van der Waals surface area (Å²) in [6.45, 7) is 6.01. The van der Waals surface area contributed by atoms with E-state index in [-0.39, 0.29) is 41.9 Å². The Morgan fingerprint density at radius 1 is 1.03 bits per heavy atom. The van der Waals surface area contributed by atoms with Gasteiger partial charge in [0.2, 0.25) is 11.8 Å². The Balaban J connectivity index is 1.33. The van der Waals surface area contributed by atoms with Crippen LogP contribution in [0.25, 0.3) is 0 Å². The topological polar surface area (TPSA) is 98.8 Å². The second kappa shape index (κ2) is 10.2. The number of piperazine rings is 1. The molecule has 0 spiro atoms. The first kappa shape index (κ1) is 22.5. The van der Waals surface area contributed by atoms with Crippen LogP contribution in [0.5, 0.6) is 0 Å². The first-order chi connectivity index (χ1) is 13.8. The first-order valence-corrected chi connectivity index (χ1v) is 12.9. The summed E-state index contributed by atoms with van der Waals surface area (Å²) >= 11 is 0. The Morgan fingerprint density at radius 2 is 1.72 bits per heavy atom. The zero-order valence-corrected chi connectivity index (χ0v) is 18.4. The second-order valence-corrected chi connectivity index (χ2v) is 11.1. The molecule has 2 atom stereocenters. The number of carbonyl (C=O) groups excluding carboxylic acids is 2. The van der Waals surface area contributed by atoms with Gasteiger partial charge in [-0.25, -0.2) is 8.42 Å². The van der Waals surface area contributed by atoms with E-state index in [2.05, 4.69) is 20.4 Å². The fourth-order valence-electron chi connectivity index (χ4n) is 4.64. The highest BCUT2D eigenvalue weighted by molar-refractivity contribution is 7.91. The van der Waals surface area contributed by atoms with Crippen LogP contribution in [0.15, 0.2) is 0 Å². The van der Waals surface area contributed by atoms with Crippen molar-refractivity contribution in [1.29, 1.82) is 0 Å². The van der Waals surface area contributed by atoms with Gasteiger partial charge in [0.05, 0.1) is 24.1 Å². The molecule has 29 heavy (non-hydrogen) atoms. The number of sulfone groups is 1. The summed E-state index contributed by atoms with van der Waals surface area (Å²) in [7, 11) is -2.98. The maximum atomic E-state index is 12.5. The second-order valence-electron chi connectivity index (χ2n) is 8.90. The van der Waals surface area contributed by atoms with E-state index in [1.807, 2.05) is 6.92 Å². The van der Waals surface area contributed by atoms with Crippen molar-refractivity contribution in [3.8, 4) is 0 Å². The number of amides is 2. The van der Waals surface area contributed by atoms with Crippen molar-refractivity contribution in [2.75, 3.05) is 50.8 Å². The van der Waals surface area contributed by atoms with Gasteiger partial charge in [-0.05, 0) is 32.1 Å². The molecule has 0 aromatic rings. The van der Waals surface area contributed by atoms with E-state index in [0.29, 0.717) is 12.3 Å². The van der Waals surface area contributed by atoms with E-state index in [0.717, 1.165) is 32.7 Å². The van der Waals surface area contributed by atoms with Crippen LogP contribution < -0.4 is 10.6 Å². The van der Waals surface area contributed by atoms with Gasteiger partial charge < -0.3 is 10.6 Å². The molecule has 1 saturated carbocycles. The fraction of sp³-hybridized carbons (Fsp3) is 0.900. The van der Waals surface area contributed by atoms with Gasteiger partial charge in [-0.2, -0.15) is 0 Å². The van der Waals surface area contributed by atoms with Crippen LogP contribution in [-0.4, -0.2) is 92.9 Å². The molecular formula is C20H36N4O4S. The molecule has 3 aliphatic rings. The minimum absolute atomic E-state index is 0.0556. The Bertz CT molecular complexity index is 670. The van der Waals surface area contributed by atoms with Gasteiger partial charge >= 0.3 is 0 Å². The van der Waals surface area contributed by atoms with E-state index in [1.165, 1.54) is 32.1 Å².